The molecular formula is C14H22BrNO4Si. The number of halogens is 1. The second kappa shape index (κ2) is 6.45. The van der Waals surface area contributed by atoms with Crippen LogP contribution in [0.2, 0.25) is 18.1 Å². The molecule has 0 atom stereocenters. The van der Waals surface area contributed by atoms with Crippen LogP contribution in [0.5, 0.6) is 5.75 Å². The van der Waals surface area contributed by atoms with Gasteiger partial charge in [-0.15, -0.1) is 0 Å². The van der Waals surface area contributed by atoms with E-state index in [4.69, 9.17) is 4.43 Å². The minimum Gasteiger partial charge on any atom is -0.543 e. The van der Waals surface area contributed by atoms with Gasteiger partial charge in [0.25, 0.3) is 5.69 Å². The van der Waals surface area contributed by atoms with E-state index in [0.29, 0.717) is 22.2 Å². The van der Waals surface area contributed by atoms with Gasteiger partial charge >= 0.3 is 0 Å². The maximum absolute atomic E-state index is 11.2. The van der Waals surface area contributed by atoms with Crippen molar-refractivity contribution in [3.8, 4) is 5.75 Å². The first-order valence-electron chi connectivity index (χ1n) is 6.69. The summed E-state index contributed by atoms with van der Waals surface area (Å²) in [7, 11) is -2.11. The zero-order chi connectivity index (χ0) is 16.4. The molecule has 0 aromatic heterocycles. The fourth-order valence-corrected chi connectivity index (χ4v) is 3.20. The molecule has 0 aliphatic rings. The lowest BCUT2D eigenvalue weighted by Crippen LogP contribution is -2.44. The van der Waals surface area contributed by atoms with Gasteiger partial charge in [0.2, 0.25) is 8.32 Å². The van der Waals surface area contributed by atoms with E-state index in [2.05, 4.69) is 49.8 Å². The van der Waals surface area contributed by atoms with Crippen molar-refractivity contribution in [1.29, 1.82) is 0 Å². The molecular weight excluding hydrogens is 354 g/mol. The maximum atomic E-state index is 11.2. The van der Waals surface area contributed by atoms with Gasteiger partial charge in [-0.3, -0.25) is 10.1 Å². The summed E-state index contributed by atoms with van der Waals surface area (Å²) in [5.41, 5.74) is 0.981. The Morgan fingerprint density at radius 3 is 2.33 bits per heavy atom. The third-order valence-electron chi connectivity index (χ3n) is 3.93. The van der Waals surface area contributed by atoms with E-state index in [1.807, 2.05) is 0 Å². The number of benzene rings is 1. The van der Waals surface area contributed by atoms with Crippen LogP contribution in [0.1, 0.15) is 31.9 Å². The van der Waals surface area contributed by atoms with E-state index in [1.165, 1.54) is 6.07 Å². The normalized spacial score (nSPS) is 12.3. The van der Waals surface area contributed by atoms with Gasteiger partial charge in [0.1, 0.15) is 5.75 Å². The second-order valence-corrected chi connectivity index (χ2v) is 11.8. The number of rotatable bonds is 5. The Kier molecular flexibility index (Phi) is 5.57. The Labute approximate surface area is 134 Å². The van der Waals surface area contributed by atoms with E-state index in [0.717, 1.165) is 0 Å². The maximum Gasteiger partial charge on any atom is 0.277 e. The van der Waals surface area contributed by atoms with Crippen molar-refractivity contribution in [2.45, 2.75) is 50.8 Å². The van der Waals surface area contributed by atoms with Crippen molar-refractivity contribution < 1.29 is 14.5 Å². The van der Waals surface area contributed by atoms with Crippen molar-refractivity contribution in [2.24, 2.45) is 0 Å². The highest BCUT2D eigenvalue weighted by molar-refractivity contribution is 9.08. The van der Waals surface area contributed by atoms with Crippen LogP contribution in [0.4, 0.5) is 5.69 Å². The summed E-state index contributed by atoms with van der Waals surface area (Å²) in [4.78, 5) is 10.8. The Hall–Kier alpha value is -0.923. The Morgan fingerprint density at radius 1 is 1.38 bits per heavy atom. The molecule has 0 spiro atoms. The molecule has 1 N–H and O–H groups in total. The lowest BCUT2D eigenvalue weighted by molar-refractivity contribution is -0.385. The van der Waals surface area contributed by atoms with Crippen LogP contribution >= 0.6 is 15.9 Å². The molecule has 1 rings (SSSR count). The first-order valence-corrected chi connectivity index (χ1v) is 10.7. The molecule has 0 saturated carbocycles. The minimum atomic E-state index is -2.11. The van der Waals surface area contributed by atoms with Crippen LogP contribution in [0.15, 0.2) is 12.1 Å². The SMILES string of the molecule is CC(C)(C)[Si](C)(C)Oc1cc(CO)cc([N+](=O)[O-])c1CBr. The smallest absolute Gasteiger partial charge is 0.277 e. The third kappa shape index (κ3) is 4.05. The first kappa shape index (κ1) is 18.1. The fraction of sp³-hybridized carbons (Fsp3) is 0.571. The summed E-state index contributed by atoms with van der Waals surface area (Å²) < 4.78 is 6.21. The largest absolute Gasteiger partial charge is 0.543 e. The average Bonchev–Trinajstić information content (AvgIpc) is 2.35. The van der Waals surface area contributed by atoms with Crippen molar-refractivity contribution in [1.82, 2.24) is 0 Å². The highest BCUT2D eigenvalue weighted by Crippen LogP contribution is 2.40. The molecule has 118 valence electrons. The van der Waals surface area contributed by atoms with Gasteiger partial charge in [0.05, 0.1) is 17.1 Å². The van der Waals surface area contributed by atoms with Crippen LogP contribution in [-0.2, 0) is 11.9 Å². The molecule has 7 heteroatoms. The van der Waals surface area contributed by atoms with E-state index in [9.17, 15) is 15.2 Å². The Bertz CT molecular complexity index is 541. The van der Waals surface area contributed by atoms with Gasteiger partial charge in [-0.25, -0.2) is 0 Å². The number of aliphatic hydroxyl groups excluding tert-OH is 1. The molecule has 0 amide bonds. The number of nitrogens with zero attached hydrogens (tertiary/aromatic N) is 1. The lowest BCUT2D eigenvalue weighted by Gasteiger charge is -2.37. The van der Waals surface area contributed by atoms with Crippen LogP contribution in [0.25, 0.3) is 0 Å². The summed E-state index contributed by atoms with van der Waals surface area (Å²) in [6.07, 6.45) is 0. The summed E-state index contributed by atoms with van der Waals surface area (Å²) in [6.45, 7) is 10.2. The zero-order valence-electron chi connectivity index (χ0n) is 13.1. The zero-order valence-corrected chi connectivity index (χ0v) is 15.7. The Morgan fingerprint density at radius 2 is 1.95 bits per heavy atom. The van der Waals surface area contributed by atoms with E-state index in [-0.39, 0.29) is 17.3 Å². The summed E-state index contributed by atoms with van der Waals surface area (Å²) in [5, 5.41) is 20.9. The molecule has 0 unspecified atom stereocenters. The van der Waals surface area contributed by atoms with Crippen molar-refractivity contribution in [3.05, 3.63) is 33.4 Å². The standard InChI is InChI=1S/C14H22BrNO4Si/c1-14(2,3)21(4,5)20-13-7-10(9-17)6-12(16(18)19)11(13)8-15/h6-7,17H,8-9H2,1-5H3. The number of nitro groups is 1. The molecule has 1 aromatic rings. The third-order valence-corrected chi connectivity index (χ3v) is 8.83. The highest BCUT2D eigenvalue weighted by atomic mass is 79.9. The summed E-state index contributed by atoms with van der Waals surface area (Å²) in [6, 6.07) is 3.10. The number of alkyl halides is 1. The van der Waals surface area contributed by atoms with Gasteiger partial charge in [0, 0.05) is 11.4 Å². The monoisotopic (exact) mass is 375 g/mol. The molecule has 0 aliphatic heterocycles. The minimum absolute atomic E-state index is 0.0133. The van der Waals surface area contributed by atoms with E-state index < -0.39 is 13.2 Å². The molecule has 0 bridgehead atoms. The summed E-state index contributed by atoms with van der Waals surface area (Å²) >= 11 is 3.30. The molecule has 5 nitrogen and oxygen atoms in total. The van der Waals surface area contributed by atoms with Gasteiger partial charge in [-0.05, 0) is 29.8 Å². The Balaban J connectivity index is 3.41. The molecule has 0 saturated heterocycles. The molecule has 21 heavy (non-hydrogen) atoms. The quantitative estimate of drug-likeness (QED) is 0.359. The first-order chi connectivity index (χ1) is 9.53. The lowest BCUT2D eigenvalue weighted by atomic mass is 10.1. The predicted molar refractivity (Wildman–Crippen MR) is 89.5 cm³/mol. The number of nitro benzene ring substituents is 1. The van der Waals surface area contributed by atoms with E-state index in [1.54, 1.807) is 6.07 Å². The van der Waals surface area contributed by atoms with Crippen molar-refractivity contribution in [2.75, 3.05) is 0 Å². The number of hydrogen-bond acceptors (Lipinski definition) is 4. The highest BCUT2D eigenvalue weighted by Gasteiger charge is 2.40. The van der Waals surface area contributed by atoms with Crippen LogP contribution < -0.4 is 4.43 Å². The van der Waals surface area contributed by atoms with Crippen molar-refractivity contribution in [3.63, 3.8) is 0 Å². The molecule has 1 aromatic carbocycles. The average molecular weight is 376 g/mol. The van der Waals surface area contributed by atoms with Gasteiger partial charge in [-0.1, -0.05) is 36.7 Å². The molecule has 0 fully saturated rings. The van der Waals surface area contributed by atoms with Gasteiger partial charge < -0.3 is 9.53 Å². The molecule has 0 heterocycles. The van der Waals surface area contributed by atoms with Crippen molar-refractivity contribution >= 4 is 29.9 Å². The van der Waals surface area contributed by atoms with Crippen LogP contribution in [-0.4, -0.2) is 18.3 Å². The van der Waals surface area contributed by atoms with Gasteiger partial charge in [0.15, 0.2) is 0 Å². The second-order valence-electron chi connectivity index (χ2n) is 6.50. The predicted octanol–water partition coefficient (Wildman–Crippen LogP) is 4.37. The van der Waals surface area contributed by atoms with E-state index >= 15 is 0 Å². The number of hydrogen-bond donors (Lipinski definition) is 1. The van der Waals surface area contributed by atoms with Crippen LogP contribution in [0, 0.1) is 10.1 Å². The van der Waals surface area contributed by atoms with Crippen LogP contribution in [0.3, 0.4) is 0 Å². The fourth-order valence-electron chi connectivity index (χ4n) is 1.59. The number of aliphatic hydroxyl groups is 1. The molecule has 0 aliphatic carbocycles. The van der Waals surface area contributed by atoms with Gasteiger partial charge in [-0.2, -0.15) is 0 Å². The molecule has 0 radical (unpaired) electrons. The topological polar surface area (TPSA) is 72.6 Å². The summed E-state index contributed by atoms with van der Waals surface area (Å²) in [5.74, 6) is 0.497.